The van der Waals surface area contributed by atoms with Crippen LogP contribution in [0.2, 0.25) is 0 Å². The van der Waals surface area contributed by atoms with Crippen LogP contribution >= 0.6 is 0 Å². The van der Waals surface area contributed by atoms with Gasteiger partial charge in [-0.05, 0) is 17.6 Å². The molecule has 0 unspecified atom stereocenters. The van der Waals surface area contributed by atoms with Crippen LogP contribution in [-0.2, 0) is 0 Å². The molecule has 1 rings (SSSR count). The highest BCUT2D eigenvalue weighted by molar-refractivity contribution is 6.12. The highest BCUT2D eigenvalue weighted by Crippen LogP contribution is 2.21. The summed E-state index contributed by atoms with van der Waals surface area (Å²) < 4.78 is 0. The Morgan fingerprint density at radius 2 is 1.93 bits per heavy atom. The minimum atomic E-state index is 0.448. The van der Waals surface area contributed by atoms with Gasteiger partial charge in [0.1, 0.15) is 0 Å². The van der Waals surface area contributed by atoms with Gasteiger partial charge in [0.15, 0.2) is 0 Å². The Hall–Kier alpha value is -1.63. The Balaban J connectivity index is 3.26. The third kappa shape index (κ3) is 2.66. The molecular formula is C14H17N. The van der Waals surface area contributed by atoms with E-state index in [-0.39, 0.29) is 0 Å². The third-order valence-corrected chi connectivity index (χ3v) is 2.29. The smallest absolute Gasteiger partial charge is 0.0704 e. The van der Waals surface area contributed by atoms with Gasteiger partial charge in [0.2, 0.25) is 0 Å². The van der Waals surface area contributed by atoms with Gasteiger partial charge in [-0.2, -0.15) is 0 Å². The number of rotatable bonds is 3. The highest BCUT2D eigenvalue weighted by Gasteiger charge is 2.10. The molecule has 0 bridgehead atoms. The fourth-order valence-corrected chi connectivity index (χ4v) is 1.59. The first-order chi connectivity index (χ1) is 7.20. The molecule has 1 heteroatoms. The van der Waals surface area contributed by atoms with Gasteiger partial charge in [0.05, 0.1) is 5.71 Å². The highest BCUT2D eigenvalue weighted by atomic mass is 14.7. The second-order valence-electron chi connectivity index (χ2n) is 3.64. The molecule has 0 atom stereocenters. The van der Waals surface area contributed by atoms with Crippen LogP contribution in [0.3, 0.4) is 0 Å². The van der Waals surface area contributed by atoms with E-state index >= 15 is 0 Å². The lowest BCUT2D eigenvalue weighted by Crippen LogP contribution is -2.06. The van der Waals surface area contributed by atoms with Crippen LogP contribution in [0.25, 0.3) is 0 Å². The van der Waals surface area contributed by atoms with Crippen LogP contribution in [0.5, 0.6) is 0 Å². The van der Waals surface area contributed by atoms with Crippen molar-refractivity contribution in [1.82, 2.24) is 0 Å². The zero-order valence-electron chi connectivity index (χ0n) is 9.40. The lowest BCUT2D eigenvalue weighted by Gasteiger charge is -2.14. The van der Waals surface area contributed by atoms with E-state index in [1.165, 1.54) is 5.57 Å². The number of aliphatic imine (C=N–C) groups is 1. The summed E-state index contributed by atoms with van der Waals surface area (Å²) in [5, 5.41) is 0. The normalized spacial score (nSPS) is 20.9. The van der Waals surface area contributed by atoms with E-state index in [9.17, 15) is 0 Å². The number of hydrogen-bond acceptors (Lipinski definition) is 1. The number of hydrogen-bond donors (Lipinski definition) is 0. The van der Waals surface area contributed by atoms with E-state index in [1.54, 1.807) is 6.20 Å². The molecule has 0 fully saturated rings. The second-order valence-corrected chi connectivity index (χ2v) is 3.64. The fraction of sp³-hybridized carbons (Fsp3) is 0.214. The lowest BCUT2D eigenvalue weighted by atomic mass is 9.92. The first-order valence-electron chi connectivity index (χ1n) is 5.11. The van der Waals surface area contributed by atoms with Gasteiger partial charge in [-0.25, -0.2) is 0 Å². The van der Waals surface area contributed by atoms with Crippen molar-refractivity contribution in [3.63, 3.8) is 0 Å². The molecule has 1 aliphatic rings. The van der Waals surface area contributed by atoms with Gasteiger partial charge in [-0.3, -0.25) is 4.99 Å². The van der Waals surface area contributed by atoms with Crippen LogP contribution in [0.1, 0.15) is 13.8 Å². The van der Waals surface area contributed by atoms with E-state index in [0.717, 1.165) is 11.3 Å². The summed E-state index contributed by atoms with van der Waals surface area (Å²) in [7, 11) is 0. The molecule has 0 aromatic heterocycles. The molecule has 0 radical (unpaired) electrons. The van der Waals surface area contributed by atoms with E-state index < -0.39 is 0 Å². The van der Waals surface area contributed by atoms with E-state index in [0.29, 0.717) is 5.92 Å². The van der Waals surface area contributed by atoms with Crippen LogP contribution in [-0.4, -0.2) is 5.71 Å². The molecule has 0 amide bonds. The molecule has 0 aliphatic heterocycles. The molecule has 0 saturated heterocycles. The van der Waals surface area contributed by atoms with Crippen molar-refractivity contribution in [1.29, 1.82) is 0 Å². The standard InChI is InChI=1S/C14H17N/c1-5-12(11(3)4)13-9-7-8-10-14(13)15-6-2/h5-11H,1-2H2,3-4H3/b13-12+,15-14-. The average Bonchev–Trinajstić information content (AvgIpc) is 2.21. The average molecular weight is 199 g/mol. The molecule has 0 heterocycles. The first-order valence-corrected chi connectivity index (χ1v) is 5.11. The van der Waals surface area contributed by atoms with Gasteiger partial charge >= 0.3 is 0 Å². The van der Waals surface area contributed by atoms with Gasteiger partial charge in [0.25, 0.3) is 0 Å². The lowest BCUT2D eigenvalue weighted by molar-refractivity contribution is 0.789. The van der Waals surface area contributed by atoms with Gasteiger partial charge < -0.3 is 0 Å². The molecular weight excluding hydrogens is 182 g/mol. The molecule has 15 heavy (non-hydrogen) atoms. The van der Waals surface area contributed by atoms with Gasteiger partial charge in [-0.15, -0.1) is 0 Å². The number of nitrogens with zero attached hydrogens (tertiary/aromatic N) is 1. The molecule has 1 nitrogen and oxygen atoms in total. The molecule has 78 valence electrons. The minimum absolute atomic E-state index is 0.448. The monoisotopic (exact) mass is 199 g/mol. The SMILES string of the molecule is C=C/N=C1/C=CC=C/C1=C(/C=C)C(C)C. The maximum atomic E-state index is 4.25. The Kier molecular flexibility index (Phi) is 4.04. The Morgan fingerprint density at radius 1 is 1.27 bits per heavy atom. The van der Waals surface area contributed by atoms with Crippen molar-refractivity contribution in [3.8, 4) is 0 Å². The zero-order valence-corrected chi connectivity index (χ0v) is 9.40. The van der Waals surface area contributed by atoms with Gasteiger partial charge in [0, 0.05) is 11.8 Å². The van der Waals surface area contributed by atoms with Crippen molar-refractivity contribution in [2.75, 3.05) is 0 Å². The van der Waals surface area contributed by atoms with Gasteiger partial charge in [-0.1, -0.05) is 51.3 Å². The first kappa shape index (κ1) is 11.4. The molecule has 0 N–H and O–H groups in total. The summed E-state index contributed by atoms with van der Waals surface area (Å²) in [6.45, 7) is 11.8. The Labute approximate surface area is 91.9 Å². The summed E-state index contributed by atoms with van der Waals surface area (Å²) in [4.78, 5) is 4.25. The molecule has 0 aromatic carbocycles. The van der Waals surface area contributed by atoms with Crippen molar-refractivity contribution < 1.29 is 0 Å². The van der Waals surface area contributed by atoms with Crippen LogP contribution < -0.4 is 0 Å². The van der Waals surface area contributed by atoms with Crippen LogP contribution in [0.15, 0.2) is 65.9 Å². The quantitative estimate of drug-likeness (QED) is 0.655. The number of allylic oxidation sites excluding steroid dienone is 7. The van der Waals surface area contributed by atoms with Crippen LogP contribution in [0.4, 0.5) is 0 Å². The zero-order chi connectivity index (χ0) is 11.3. The van der Waals surface area contributed by atoms with Crippen molar-refractivity contribution in [2.45, 2.75) is 13.8 Å². The van der Waals surface area contributed by atoms with Crippen molar-refractivity contribution in [3.05, 3.63) is 60.9 Å². The predicted molar refractivity (Wildman–Crippen MR) is 68.0 cm³/mol. The van der Waals surface area contributed by atoms with E-state index in [1.807, 2.05) is 24.3 Å². The van der Waals surface area contributed by atoms with Crippen molar-refractivity contribution in [2.24, 2.45) is 10.9 Å². The summed E-state index contributed by atoms with van der Waals surface area (Å²) >= 11 is 0. The molecule has 0 spiro atoms. The molecule has 0 aromatic rings. The third-order valence-electron chi connectivity index (χ3n) is 2.29. The maximum Gasteiger partial charge on any atom is 0.0704 e. The molecule has 1 aliphatic carbocycles. The fourth-order valence-electron chi connectivity index (χ4n) is 1.59. The minimum Gasteiger partial charge on any atom is -0.257 e. The largest absolute Gasteiger partial charge is 0.257 e. The summed E-state index contributed by atoms with van der Waals surface area (Å²) in [5.41, 5.74) is 3.31. The Morgan fingerprint density at radius 3 is 2.47 bits per heavy atom. The van der Waals surface area contributed by atoms with Crippen LogP contribution in [0, 0.1) is 5.92 Å². The predicted octanol–water partition coefficient (Wildman–Crippen LogP) is 3.84. The summed E-state index contributed by atoms with van der Waals surface area (Å²) in [5.74, 6) is 0.448. The second kappa shape index (κ2) is 5.30. The topological polar surface area (TPSA) is 12.4 Å². The Bertz CT molecular complexity index is 376. The summed E-state index contributed by atoms with van der Waals surface area (Å²) in [6.07, 6.45) is 11.5. The van der Waals surface area contributed by atoms with Crippen molar-refractivity contribution >= 4 is 5.71 Å². The molecule has 0 saturated carbocycles. The van der Waals surface area contributed by atoms with E-state index in [2.05, 4.69) is 38.1 Å². The maximum absolute atomic E-state index is 4.25. The van der Waals surface area contributed by atoms with E-state index in [4.69, 9.17) is 0 Å². The summed E-state index contributed by atoms with van der Waals surface area (Å²) in [6, 6.07) is 0.